The van der Waals surface area contributed by atoms with Crippen LogP contribution >= 0.6 is 0 Å². The summed E-state index contributed by atoms with van der Waals surface area (Å²) in [4.78, 5) is 0. The lowest BCUT2D eigenvalue weighted by atomic mass is 10.3. The lowest BCUT2D eigenvalue weighted by Crippen LogP contribution is -2.16. The predicted octanol–water partition coefficient (Wildman–Crippen LogP) is 1.80. The van der Waals surface area contributed by atoms with Gasteiger partial charge in [0.1, 0.15) is 11.8 Å². The number of ether oxygens (including phenoxy) is 1. The molecule has 0 atom stereocenters. The molecule has 1 aliphatic rings. The molecule has 1 N–H and O–H groups in total. The van der Waals surface area contributed by atoms with Crippen molar-refractivity contribution in [2.75, 3.05) is 19.8 Å². The van der Waals surface area contributed by atoms with Gasteiger partial charge in [0, 0.05) is 33.0 Å². The Bertz CT molecular complexity index is 415. The van der Waals surface area contributed by atoms with Crippen molar-refractivity contribution < 1.29 is 4.74 Å². The van der Waals surface area contributed by atoms with E-state index in [0.29, 0.717) is 5.69 Å². The van der Waals surface area contributed by atoms with Crippen LogP contribution in [0.3, 0.4) is 0 Å². The van der Waals surface area contributed by atoms with Gasteiger partial charge in [-0.2, -0.15) is 5.26 Å². The standard InChI is InChI=1S/C14H21N3O/c1-17-10-13(7-14(17)8-15)9-16-5-2-6-18-11-12-3-4-12/h7,10,12,16H,2-6,9,11H2,1H3. The minimum Gasteiger partial charge on any atom is -0.381 e. The summed E-state index contributed by atoms with van der Waals surface area (Å²) < 4.78 is 7.42. The smallest absolute Gasteiger partial charge is 0.120 e. The van der Waals surface area contributed by atoms with Gasteiger partial charge < -0.3 is 14.6 Å². The third-order valence-corrected chi connectivity index (χ3v) is 3.20. The average molecular weight is 247 g/mol. The number of hydrogen-bond acceptors (Lipinski definition) is 3. The zero-order valence-corrected chi connectivity index (χ0v) is 11.0. The van der Waals surface area contributed by atoms with Crippen molar-refractivity contribution in [1.29, 1.82) is 5.26 Å². The van der Waals surface area contributed by atoms with Crippen LogP contribution < -0.4 is 5.32 Å². The molecule has 1 saturated carbocycles. The molecule has 0 saturated heterocycles. The fourth-order valence-corrected chi connectivity index (χ4v) is 1.91. The van der Waals surface area contributed by atoms with E-state index in [9.17, 15) is 0 Å². The highest BCUT2D eigenvalue weighted by atomic mass is 16.5. The first-order valence-corrected chi connectivity index (χ1v) is 6.63. The second kappa shape index (κ2) is 6.58. The Morgan fingerprint density at radius 2 is 2.39 bits per heavy atom. The summed E-state index contributed by atoms with van der Waals surface area (Å²) in [5.41, 5.74) is 1.87. The van der Waals surface area contributed by atoms with Crippen LogP contribution in [0.1, 0.15) is 30.5 Å². The minimum atomic E-state index is 0.708. The Hall–Kier alpha value is -1.31. The van der Waals surface area contributed by atoms with Gasteiger partial charge in [-0.05, 0) is 43.4 Å². The third kappa shape index (κ3) is 4.17. The molecule has 1 aliphatic carbocycles. The highest BCUT2D eigenvalue weighted by Crippen LogP contribution is 2.28. The molecule has 4 heteroatoms. The summed E-state index contributed by atoms with van der Waals surface area (Å²) >= 11 is 0. The largest absolute Gasteiger partial charge is 0.381 e. The van der Waals surface area contributed by atoms with Crippen LogP contribution in [-0.4, -0.2) is 24.3 Å². The molecule has 1 fully saturated rings. The number of rotatable bonds is 8. The molecule has 0 aromatic carbocycles. The van der Waals surface area contributed by atoms with Gasteiger partial charge in [-0.15, -0.1) is 0 Å². The Balaban J connectivity index is 1.52. The number of nitriles is 1. The molecule has 98 valence electrons. The average Bonchev–Trinajstić information content (AvgIpc) is 3.11. The van der Waals surface area contributed by atoms with Crippen molar-refractivity contribution in [3.05, 3.63) is 23.5 Å². The molecule has 0 bridgehead atoms. The second-order valence-electron chi connectivity index (χ2n) is 5.00. The monoisotopic (exact) mass is 247 g/mol. The van der Waals surface area contributed by atoms with E-state index in [0.717, 1.165) is 44.2 Å². The summed E-state index contributed by atoms with van der Waals surface area (Å²) in [6, 6.07) is 4.09. The summed E-state index contributed by atoms with van der Waals surface area (Å²) in [5.74, 6) is 0.853. The highest BCUT2D eigenvalue weighted by molar-refractivity contribution is 5.28. The van der Waals surface area contributed by atoms with Gasteiger partial charge >= 0.3 is 0 Å². The summed E-state index contributed by atoms with van der Waals surface area (Å²) in [6.45, 7) is 3.57. The zero-order chi connectivity index (χ0) is 12.8. The Labute approximate surface area is 109 Å². The maximum absolute atomic E-state index is 8.84. The summed E-state index contributed by atoms with van der Waals surface area (Å²) in [5, 5.41) is 12.2. The van der Waals surface area contributed by atoms with Gasteiger partial charge in [-0.1, -0.05) is 0 Å². The van der Waals surface area contributed by atoms with Gasteiger partial charge in [0.05, 0.1) is 0 Å². The van der Waals surface area contributed by atoms with Crippen LogP contribution in [0.5, 0.6) is 0 Å². The van der Waals surface area contributed by atoms with E-state index >= 15 is 0 Å². The Kier molecular flexibility index (Phi) is 4.80. The number of nitrogens with zero attached hydrogens (tertiary/aromatic N) is 2. The lowest BCUT2D eigenvalue weighted by molar-refractivity contribution is 0.122. The van der Waals surface area contributed by atoms with Gasteiger partial charge in [-0.3, -0.25) is 0 Å². The molecular weight excluding hydrogens is 226 g/mol. The topological polar surface area (TPSA) is 50.0 Å². The summed E-state index contributed by atoms with van der Waals surface area (Å²) in [6.07, 6.45) is 5.75. The van der Waals surface area contributed by atoms with Crippen LogP contribution in [0.2, 0.25) is 0 Å². The van der Waals surface area contributed by atoms with Crippen LogP contribution in [-0.2, 0) is 18.3 Å². The molecule has 0 spiro atoms. The van der Waals surface area contributed by atoms with Crippen molar-refractivity contribution >= 4 is 0 Å². The molecule has 1 aromatic rings. The van der Waals surface area contributed by atoms with Crippen molar-refractivity contribution in [3.63, 3.8) is 0 Å². The van der Waals surface area contributed by atoms with Gasteiger partial charge in [0.25, 0.3) is 0 Å². The van der Waals surface area contributed by atoms with Crippen LogP contribution in [0.25, 0.3) is 0 Å². The number of hydrogen-bond donors (Lipinski definition) is 1. The zero-order valence-electron chi connectivity index (χ0n) is 11.0. The lowest BCUT2D eigenvalue weighted by Gasteiger charge is -2.04. The van der Waals surface area contributed by atoms with Crippen molar-refractivity contribution in [3.8, 4) is 6.07 Å². The van der Waals surface area contributed by atoms with E-state index in [1.807, 2.05) is 23.9 Å². The summed E-state index contributed by atoms with van der Waals surface area (Å²) in [7, 11) is 1.90. The van der Waals surface area contributed by atoms with E-state index in [1.54, 1.807) is 0 Å². The molecular formula is C14H21N3O. The quantitative estimate of drug-likeness (QED) is 0.713. The highest BCUT2D eigenvalue weighted by Gasteiger charge is 2.20. The van der Waals surface area contributed by atoms with E-state index in [4.69, 9.17) is 10.00 Å². The molecule has 1 aromatic heterocycles. The Morgan fingerprint density at radius 3 is 3.06 bits per heavy atom. The fraction of sp³-hybridized carbons (Fsp3) is 0.643. The number of aryl methyl sites for hydroxylation is 1. The first-order chi connectivity index (χ1) is 8.79. The predicted molar refractivity (Wildman–Crippen MR) is 70.0 cm³/mol. The van der Waals surface area contributed by atoms with Crippen molar-refractivity contribution in [1.82, 2.24) is 9.88 Å². The fourth-order valence-electron chi connectivity index (χ4n) is 1.91. The third-order valence-electron chi connectivity index (χ3n) is 3.20. The molecule has 0 radical (unpaired) electrons. The van der Waals surface area contributed by atoms with E-state index < -0.39 is 0 Å². The van der Waals surface area contributed by atoms with E-state index in [1.165, 1.54) is 12.8 Å². The molecule has 0 unspecified atom stereocenters. The Morgan fingerprint density at radius 1 is 1.56 bits per heavy atom. The maximum atomic E-state index is 8.84. The van der Waals surface area contributed by atoms with Gasteiger partial charge in [0.2, 0.25) is 0 Å². The normalized spacial score (nSPS) is 14.7. The van der Waals surface area contributed by atoms with Crippen molar-refractivity contribution in [2.45, 2.75) is 25.8 Å². The maximum Gasteiger partial charge on any atom is 0.120 e. The number of aromatic nitrogens is 1. The molecule has 4 nitrogen and oxygen atoms in total. The van der Waals surface area contributed by atoms with Gasteiger partial charge in [-0.25, -0.2) is 0 Å². The minimum absolute atomic E-state index is 0.708. The molecule has 0 aliphatic heterocycles. The molecule has 1 heterocycles. The molecule has 0 amide bonds. The molecule has 18 heavy (non-hydrogen) atoms. The van der Waals surface area contributed by atoms with E-state index in [-0.39, 0.29) is 0 Å². The SMILES string of the molecule is Cn1cc(CNCCCOCC2CC2)cc1C#N. The van der Waals surface area contributed by atoms with Crippen LogP contribution in [0, 0.1) is 17.2 Å². The van der Waals surface area contributed by atoms with Crippen LogP contribution in [0.15, 0.2) is 12.3 Å². The first kappa shape index (κ1) is 13.1. The van der Waals surface area contributed by atoms with E-state index in [2.05, 4.69) is 11.4 Å². The van der Waals surface area contributed by atoms with Crippen LogP contribution in [0.4, 0.5) is 0 Å². The second-order valence-corrected chi connectivity index (χ2v) is 5.00. The number of nitrogens with one attached hydrogen (secondary N) is 1. The first-order valence-electron chi connectivity index (χ1n) is 6.63. The van der Waals surface area contributed by atoms with Gasteiger partial charge in [0.15, 0.2) is 0 Å². The molecule has 2 rings (SSSR count). The van der Waals surface area contributed by atoms with Crippen molar-refractivity contribution in [2.24, 2.45) is 13.0 Å².